The summed E-state index contributed by atoms with van der Waals surface area (Å²) in [6.07, 6.45) is 3.42. The molecule has 1 N–H and O–H groups in total. The molecule has 0 saturated carbocycles. The van der Waals surface area contributed by atoms with E-state index in [-0.39, 0.29) is 18.6 Å². The van der Waals surface area contributed by atoms with Crippen molar-refractivity contribution in [1.82, 2.24) is 9.80 Å². The topological polar surface area (TPSA) is 71.1 Å². The number of hydrogen-bond acceptors (Lipinski definition) is 5. The second kappa shape index (κ2) is 9.00. The predicted octanol–water partition coefficient (Wildman–Crippen LogP) is 2.73. The lowest BCUT2D eigenvalue weighted by molar-refractivity contribution is -0.127. The number of fused-ring (bicyclic) bond motifs is 1. The minimum absolute atomic E-state index is 0.0173. The third kappa shape index (κ3) is 4.99. The van der Waals surface area contributed by atoms with Crippen molar-refractivity contribution < 1.29 is 19.1 Å². The maximum Gasteiger partial charge on any atom is 0.246 e. The Morgan fingerprint density at radius 2 is 1.73 bits per heavy atom. The van der Waals surface area contributed by atoms with Gasteiger partial charge in [0.1, 0.15) is 0 Å². The van der Waals surface area contributed by atoms with Gasteiger partial charge in [-0.25, -0.2) is 0 Å². The number of anilines is 1. The first kappa shape index (κ1) is 20.0. The number of carbonyl (C=O) groups is 2. The van der Waals surface area contributed by atoms with Crippen molar-refractivity contribution in [3.63, 3.8) is 0 Å². The van der Waals surface area contributed by atoms with Gasteiger partial charge in [-0.05, 0) is 41.5 Å². The number of carbonyl (C=O) groups excluding carboxylic acids is 2. The lowest BCUT2D eigenvalue weighted by atomic mass is 10.1. The van der Waals surface area contributed by atoms with Crippen LogP contribution in [0.1, 0.15) is 18.1 Å². The van der Waals surface area contributed by atoms with Gasteiger partial charge in [0, 0.05) is 51.4 Å². The molecule has 0 aliphatic carbocycles. The lowest BCUT2D eigenvalue weighted by Crippen LogP contribution is -2.47. The maximum absolute atomic E-state index is 12.5. The summed E-state index contributed by atoms with van der Waals surface area (Å²) in [6.45, 7) is 5.66. The SMILES string of the molecule is CC(=O)Nc1ccc(/C=C/C(=O)N2CCN(Cc3ccc4c(c3)OCO4)CC2)cc1. The summed E-state index contributed by atoms with van der Waals surface area (Å²) in [5.74, 6) is 1.51. The van der Waals surface area contributed by atoms with Gasteiger partial charge < -0.3 is 19.7 Å². The molecule has 156 valence electrons. The highest BCUT2D eigenvalue weighted by atomic mass is 16.7. The van der Waals surface area contributed by atoms with Crippen molar-refractivity contribution >= 4 is 23.6 Å². The Labute approximate surface area is 175 Å². The van der Waals surface area contributed by atoms with Crippen LogP contribution in [-0.2, 0) is 16.1 Å². The average Bonchev–Trinajstić information content (AvgIpc) is 3.21. The zero-order valence-electron chi connectivity index (χ0n) is 17.0. The molecule has 2 aliphatic rings. The fourth-order valence-electron chi connectivity index (χ4n) is 3.58. The summed E-state index contributed by atoms with van der Waals surface area (Å²) >= 11 is 0. The minimum Gasteiger partial charge on any atom is -0.454 e. The normalized spacial score (nSPS) is 16.1. The van der Waals surface area contributed by atoms with Crippen LogP contribution in [-0.4, -0.2) is 54.6 Å². The number of rotatable bonds is 5. The third-order valence-corrected chi connectivity index (χ3v) is 5.18. The van der Waals surface area contributed by atoms with E-state index in [9.17, 15) is 9.59 Å². The quantitative estimate of drug-likeness (QED) is 0.772. The molecule has 2 amide bonds. The standard InChI is InChI=1S/C23H25N3O4/c1-17(27)24-20-6-2-18(3-7-20)5-9-23(28)26-12-10-25(11-13-26)15-19-4-8-21-22(14-19)30-16-29-21/h2-9,14H,10-13,15-16H2,1H3,(H,24,27)/b9-5+. The molecular weight excluding hydrogens is 382 g/mol. The molecule has 2 aromatic rings. The summed E-state index contributed by atoms with van der Waals surface area (Å²) in [4.78, 5) is 27.8. The van der Waals surface area contributed by atoms with Crippen molar-refractivity contribution in [2.45, 2.75) is 13.5 Å². The highest BCUT2D eigenvalue weighted by Gasteiger charge is 2.20. The van der Waals surface area contributed by atoms with Crippen LogP contribution in [0.25, 0.3) is 6.08 Å². The Bertz CT molecular complexity index is 947. The molecule has 0 spiro atoms. The number of piperazine rings is 1. The molecule has 7 heteroatoms. The summed E-state index contributed by atoms with van der Waals surface area (Å²) in [5.41, 5.74) is 2.84. The highest BCUT2D eigenvalue weighted by Crippen LogP contribution is 2.32. The van der Waals surface area contributed by atoms with Crippen LogP contribution in [0.3, 0.4) is 0 Å². The number of amides is 2. The zero-order valence-corrected chi connectivity index (χ0v) is 17.0. The first-order valence-corrected chi connectivity index (χ1v) is 10.0. The van der Waals surface area contributed by atoms with Crippen molar-refractivity contribution in [3.05, 3.63) is 59.7 Å². The smallest absolute Gasteiger partial charge is 0.246 e. The highest BCUT2D eigenvalue weighted by molar-refractivity contribution is 5.92. The molecule has 0 atom stereocenters. The fraction of sp³-hybridized carbons (Fsp3) is 0.304. The van der Waals surface area contributed by atoms with Gasteiger partial charge in [-0.1, -0.05) is 18.2 Å². The molecule has 0 aromatic heterocycles. The molecule has 1 fully saturated rings. The molecule has 0 unspecified atom stereocenters. The monoisotopic (exact) mass is 407 g/mol. The van der Waals surface area contributed by atoms with Crippen LogP contribution >= 0.6 is 0 Å². The molecular formula is C23H25N3O4. The van der Waals surface area contributed by atoms with Crippen molar-refractivity contribution in [2.75, 3.05) is 38.3 Å². The number of ether oxygens (including phenoxy) is 2. The van der Waals surface area contributed by atoms with Gasteiger partial charge in [-0.3, -0.25) is 14.5 Å². The predicted molar refractivity (Wildman–Crippen MR) is 114 cm³/mol. The first-order valence-electron chi connectivity index (χ1n) is 10.0. The summed E-state index contributed by atoms with van der Waals surface area (Å²) in [5, 5.41) is 2.73. The van der Waals surface area contributed by atoms with Gasteiger partial charge in [0.15, 0.2) is 11.5 Å². The average molecular weight is 407 g/mol. The van der Waals surface area contributed by atoms with Gasteiger partial charge in [-0.2, -0.15) is 0 Å². The molecule has 2 aromatic carbocycles. The summed E-state index contributed by atoms with van der Waals surface area (Å²) in [6, 6.07) is 13.4. The van der Waals surface area contributed by atoms with E-state index in [1.54, 1.807) is 12.2 Å². The van der Waals surface area contributed by atoms with Gasteiger partial charge in [0.25, 0.3) is 0 Å². The molecule has 2 heterocycles. The number of hydrogen-bond donors (Lipinski definition) is 1. The molecule has 30 heavy (non-hydrogen) atoms. The van der Waals surface area contributed by atoms with Crippen LogP contribution in [0.15, 0.2) is 48.5 Å². The van der Waals surface area contributed by atoms with Crippen LogP contribution in [0.2, 0.25) is 0 Å². The van der Waals surface area contributed by atoms with Crippen LogP contribution < -0.4 is 14.8 Å². The van der Waals surface area contributed by atoms with Crippen molar-refractivity contribution in [3.8, 4) is 11.5 Å². The van der Waals surface area contributed by atoms with E-state index in [2.05, 4.69) is 16.3 Å². The van der Waals surface area contributed by atoms with Crippen molar-refractivity contribution in [2.24, 2.45) is 0 Å². The van der Waals surface area contributed by atoms with E-state index < -0.39 is 0 Å². The van der Waals surface area contributed by atoms with Crippen LogP contribution in [0.5, 0.6) is 11.5 Å². The Morgan fingerprint density at radius 3 is 2.47 bits per heavy atom. The van der Waals surface area contributed by atoms with E-state index in [1.165, 1.54) is 12.5 Å². The Morgan fingerprint density at radius 1 is 1.00 bits per heavy atom. The molecule has 0 bridgehead atoms. The second-order valence-corrected chi connectivity index (χ2v) is 7.43. The van der Waals surface area contributed by atoms with Gasteiger partial charge in [0.2, 0.25) is 18.6 Å². The van der Waals surface area contributed by atoms with E-state index in [4.69, 9.17) is 9.47 Å². The van der Waals surface area contributed by atoms with Gasteiger partial charge in [0.05, 0.1) is 0 Å². The number of nitrogens with zero attached hydrogens (tertiary/aromatic N) is 2. The van der Waals surface area contributed by atoms with E-state index >= 15 is 0 Å². The lowest BCUT2D eigenvalue weighted by Gasteiger charge is -2.34. The number of nitrogens with one attached hydrogen (secondary N) is 1. The van der Waals surface area contributed by atoms with E-state index in [0.717, 1.165) is 42.4 Å². The second-order valence-electron chi connectivity index (χ2n) is 7.43. The van der Waals surface area contributed by atoms with Crippen LogP contribution in [0.4, 0.5) is 5.69 Å². The maximum atomic E-state index is 12.5. The minimum atomic E-state index is -0.105. The number of benzene rings is 2. The molecule has 0 radical (unpaired) electrons. The Balaban J connectivity index is 1.26. The largest absolute Gasteiger partial charge is 0.454 e. The third-order valence-electron chi connectivity index (χ3n) is 5.18. The Hall–Kier alpha value is -3.32. The zero-order chi connectivity index (χ0) is 20.9. The van der Waals surface area contributed by atoms with Crippen LogP contribution in [0, 0.1) is 0 Å². The van der Waals surface area contributed by atoms with Gasteiger partial charge >= 0.3 is 0 Å². The molecule has 1 saturated heterocycles. The first-order chi connectivity index (χ1) is 14.6. The summed E-state index contributed by atoms with van der Waals surface area (Å²) in [7, 11) is 0. The molecule has 7 nitrogen and oxygen atoms in total. The van der Waals surface area contributed by atoms with Crippen molar-refractivity contribution in [1.29, 1.82) is 0 Å². The molecule has 4 rings (SSSR count). The van der Waals surface area contributed by atoms with E-state index in [0.29, 0.717) is 13.1 Å². The van der Waals surface area contributed by atoms with E-state index in [1.807, 2.05) is 41.3 Å². The fourth-order valence-corrected chi connectivity index (χ4v) is 3.58. The molecule has 2 aliphatic heterocycles. The Kier molecular flexibility index (Phi) is 5.99. The van der Waals surface area contributed by atoms with Gasteiger partial charge in [-0.15, -0.1) is 0 Å². The summed E-state index contributed by atoms with van der Waals surface area (Å²) < 4.78 is 10.8.